The molecule has 7 nitrogen and oxygen atoms in total. The van der Waals surface area contributed by atoms with Crippen LogP contribution in [-0.4, -0.2) is 47.2 Å². The summed E-state index contributed by atoms with van der Waals surface area (Å²) in [5.74, 6) is 1.92. The van der Waals surface area contributed by atoms with Crippen molar-refractivity contribution in [1.82, 2.24) is 20.3 Å². The van der Waals surface area contributed by atoms with Crippen molar-refractivity contribution >= 4 is 23.5 Å². The number of fused-ring (bicyclic) bond motifs is 1. The zero-order chi connectivity index (χ0) is 19.5. The van der Waals surface area contributed by atoms with Crippen LogP contribution in [0.25, 0.3) is 0 Å². The lowest BCUT2D eigenvalue weighted by atomic mass is 10.1. The van der Waals surface area contributed by atoms with Gasteiger partial charge in [0.2, 0.25) is 17.8 Å². The number of piperazine rings is 1. The highest BCUT2D eigenvalue weighted by molar-refractivity contribution is 5.56. The quantitative estimate of drug-likeness (QED) is 0.621. The van der Waals surface area contributed by atoms with Crippen molar-refractivity contribution in [3.63, 3.8) is 0 Å². The van der Waals surface area contributed by atoms with Gasteiger partial charge in [0.1, 0.15) is 0 Å². The Morgan fingerprint density at radius 1 is 0.793 bits per heavy atom. The summed E-state index contributed by atoms with van der Waals surface area (Å²) in [5, 5.41) is 10.2. The molecule has 1 saturated heterocycles. The van der Waals surface area contributed by atoms with Gasteiger partial charge in [0.25, 0.3) is 0 Å². The lowest BCUT2D eigenvalue weighted by Crippen LogP contribution is -2.44. The molecule has 2 aromatic carbocycles. The predicted molar refractivity (Wildman–Crippen MR) is 116 cm³/mol. The fourth-order valence-electron chi connectivity index (χ4n) is 3.99. The Kier molecular flexibility index (Phi) is 4.96. The Bertz CT molecular complexity index is 945. The van der Waals surface area contributed by atoms with Gasteiger partial charge in [-0.2, -0.15) is 15.0 Å². The smallest absolute Gasteiger partial charge is 0.233 e. The fraction of sp³-hybridized carbons (Fsp3) is 0.318. The number of rotatable bonds is 5. The largest absolute Gasteiger partial charge is 0.351 e. The van der Waals surface area contributed by atoms with E-state index in [0.717, 1.165) is 50.7 Å². The number of nitrogens with one attached hydrogen (secondary N) is 3. The van der Waals surface area contributed by atoms with E-state index in [2.05, 4.69) is 50.1 Å². The summed E-state index contributed by atoms with van der Waals surface area (Å²) in [5.41, 5.74) is 3.78. The minimum Gasteiger partial charge on any atom is -0.351 e. The molecule has 7 heteroatoms. The third kappa shape index (κ3) is 4.14. The van der Waals surface area contributed by atoms with E-state index in [1.54, 1.807) is 0 Å². The average Bonchev–Trinajstić information content (AvgIpc) is 3.17. The van der Waals surface area contributed by atoms with Gasteiger partial charge in [-0.15, -0.1) is 0 Å². The summed E-state index contributed by atoms with van der Waals surface area (Å²) in [4.78, 5) is 16.3. The van der Waals surface area contributed by atoms with E-state index in [4.69, 9.17) is 9.97 Å². The number of anilines is 4. The molecule has 148 valence electrons. The van der Waals surface area contributed by atoms with Crippen LogP contribution in [0.4, 0.5) is 23.5 Å². The molecule has 0 radical (unpaired) electrons. The summed E-state index contributed by atoms with van der Waals surface area (Å²) in [6.45, 7) is 3.66. The summed E-state index contributed by atoms with van der Waals surface area (Å²) < 4.78 is 0. The Morgan fingerprint density at radius 3 is 2.17 bits per heavy atom. The van der Waals surface area contributed by atoms with Crippen LogP contribution in [0.15, 0.2) is 54.6 Å². The molecule has 1 aromatic heterocycles. The molecule has 2 aliphatic rings. The van der Waals surface area contributed by atoms with E-state index >= 15 is 0 Å². The Hall–Kier alpha value is -3.19. The van der Waals surface area contributed by atoms with Gasteiger partial charge < -0.3 is 20.9 Å². The Labute approximate surface area is 170 Å². The molecule has 2 heterocycles. The summed E-state index contributed by atoms with van der Waals surface area (Å²) in [6, 6.07) is 18.9. The molecule has 0 bridgehead atoms. The van der Waals surface area contributed by atoms with Crippen molar-refractivity contribution in [3.8, 4) is 0 Å². The molecule has 3 N–H and O–H groups in total. The maximum absolute atomic E-state index is 4.75. The topological polar surface area (TPSA) is 78.0 Å². The van der Waals surface area contributed by atoms with Crippen LogP contribution in [-0.2, 0) is 12.8 Å². The Balaban J connectivity index is 1.40. The van der Waals surface area contributed by atoms with E-state index in [9.17, 15) is 0 Å². The molecule has 3 aromatic rings. The van der Waals surface area contributed by atoms with E-state index in [-0.39, 0.29) is 0 Å². The zero-order valence-electron chi connectivity index (χ0n) is 16.3. The molecule has 1 fully saturated rings. The maximum Gasteiger partial charge on any atom is 0.233 e. The predicted octanol–water partition coefficient (Wildman–Crippen LogP) is 2.60. The van der Waals surface area contributed by atoms with E-state index in [0.29, 0.717) is 17.9 Å². The lowest BCUT2D eigenvalue weighted by molar-refractivity contribution is 0.579. The van der Waals surface area contributed by atoms with Crippen molar-refractivity contribution in [2.75, 3.05) is 41.7 Å². The summed E-state index contributed by atoms with van der Waals surface area (Å²) in [6.07, 6.45) is 1.98. The third-order valence-electron chi connectivity index (χ3n) is 5.44. The molecule has 1 aliphatic carbocycles. The molecule has 0 unspecified atom stereocenters. The molecule has 0 atom stereocenters. The van der Waals surface area contributed by atoms with Crippen LogP contribution in [0.5, 0.6) is 0 Å². The van der Waals surface area contributed by atoms with E-state index in [1.807, 2.05) is 30.3 Å². The van der Waals surface area contributed by atoms with Gasteiger partial charge in [0.05, 0.1) is 0 Å². The third-order valence-corrected chi connectivity index (χ3v) is 5.44. The molecule has 0 spiro atoms. The standard InChI is InChI=1S/C22H25N7/c1-2-8-18(9-3-1)24-20-26-21(28-22(27-20)29-12-10-23-11-13-29)25-19-14-16-6-4-5-7-17(16)15-19/h1-9,19,23H,10-15H2,(H2,24,25,26,27,28). The number of para-hydroxylation sites is 1. The second-order valence-corrected chi connectivity index (χ2v) is 7.53. The van der Waals surface area contributed by atoms with Gasteiger partial charge in [-0.25, -0.2) is 0 Å². The summed E-state index contributed by atoms with van der Waals surface area (Å²) in [7, 11) is 0. The normalized spacial score (nSPS) is 16.5. The first-order valence-corrected chi connectivity index (χ1v) is 10.2. The highest BCUT2D eigenvalue weighted by Crippen LogP contribution is 2.25. The number of hydrogen-bond acceptors (Lipinski definition) is 7. The van der Waals surface area contributed by atoms with Gasteiger partial charge in [0, 0.05) is 37.9 Å². The number of hydrogen-bond donors (Lipinski definition) is 3. The maximum atomic E-state index is 4.75. The van der Waals surface area contributed by atoms with Crippen molar-refractivity contribution in [1.29, 1.82) is 0 Å². The van der Waals surface area contributed by atoms with Crippen LogP contribution in [0.2, 0.25) is 0 Å². The minimum absolute atomic E-state index is 0.301. The van der Waals surface area contributed by atoms with Gasteiger partial charge >= 0.3 is 0 Å². The lowest BCUT2D eigenvalue weighted by Gasteiger charge is -2.28. The van der Waals surface area contributed by atoms with Gasteiger partial charge in [0.15, 0.2) is 0 Å². The van der Waals surface area contributed by atoms with Crippen LogP contribution >= 0.6 is 0 Å². The highest BCUT2D eigenvalue weighted by Gasteiger charge is 2.23. The van der Waals surface area contributed by atoms with Crippen molar-refractivity contribution in [2.45, 2.75) is 18.9 Å². The van der Waals surface area contributed by atoms with Crippen LogP contribution in [0.1, 0.15) is 11.1 Å². The zero-order valence-corrected chi connectivity index (χ0v) is 16.3. The highest BCUT2D eigenvalue weighted by atomic mass is 15.3. The molecule has 0 amide bonds. The van der Waals surface area contributed by atoms with Crippen molar-refractivity contribution < 1.29 is 0 Å². The first-order valence-electron chi connectivity index (χ1n) is 10.2. The molecule has 1 aliphatic heterocycles. The molecule has 0 saturated carbocycles. The molecule has 29 heavy (non-hydrogen) atoms. The van der Waals surface area contributed by atoms with Gasteiger partial charge in [-0.1, -0.05) is 42.5 Å². The van der Waals surface area contributed by atoms with Crippen molar-refractivity contribution in [3.05, 3.63) is 65.7 Å². The fourth-order valence-corrected chi connectivity index (χ4v) is 3.99. The first kappa shape index (κ1) is 17.9. The second-order valence-electron chi connectivity index (χ2n) is 7.53. The van der Waals surface area contributed by atoms with Crippen LogP contribution in [0.3, 0.4) is 0 Å². The first-order chi connectivity index (χ1) is 14.3. The second kappa shape index (κ2) is 8.05. The average molecular weight is 387 g/mol. The number of nitrogens with zero attached hydrogens (tertiary/aromatic N) is 4. The monoisotopic (exact) mass is 387 g/mol. The van der Waals surface area contributed by atoms with E-state index in [1.165, 1.54) is 11.1 Å². The number of aromatic nitrogens is 3. The molecular weight excluding hydrogens is 362 g/mol. The van der Waals surface area contributed by atoms with Gasteiger partial charge in [-0.05, 0) is 36.1 Å². The van der Waals surface area contributed by atoms with Crippen molar-refractivity contribution in [2.24, 2.45) is 0 Å². The molecular formula is C22H25N7. The van der Waals surface area contributed by atoms with E-state index < -0.39 is 0 Å². The molecule has 5 rings (SSSR count). The SMILES string of the molecule is c1ccc(Nc2nc(NC3Cc4ccccc4C3)nc(N3CCNCC3)n2)cc1. The Morgan fingerprint density at radius 2 is 1.45 bits per heavy atom. The van der Waals surface area contributed by atoms with Gasteiger partial charge in [-0.3, -0.25) is 0 Å². The van der Waals surface area contributed by atoms with Crippen LogP contribution < -0.4 is 20.9 Å². The van der Waals surface area contributed by atoms with Crippen LogP contribution in [0, 0.1) is 0 Å². The summed E-state index contributed by atoms with van der Waals surface area (Å²) >= 11 is 0. The minimum atomic E-state index is 0.301. The number of benzene rings is 2.